The van der Waals surface area contributed by atoms with E-state index in [1.807, 2.05) is 48.5 Å². The summed E-state index contributed by atoms with van der Waals surface area (Å²) in [6, 6.07) is 21.1. The van der Waals surface area contributed by atoms with Crippen LogP contribution >= 0.6 is 0 Å². The number of piperidine rings is 1. The average Bonchev–Trinajstić information content (AvgIpc) is 3.60. The maximum absolute atomic E-state index is 15.5. The number of benzene rings is 4. The molecule has 8 nitrogen and oxygen atoms in total. The van der Waals surface area contributed by atoms with Crippen molar-refractivity contribution in [3.8, 4) is 16.9 Å². The molecule has 0 spiro atoms. The number of imidazole rings is 1. The minimum Gasteiger partial charge on any atom is -0.508 e. The lowest BCUT2D eigenvalue weighted by Gasteiger charge is -2.29. The van der Waals surface area contributed by atoms with Crippen LogP contribution in [0.15, 0.2) is 78.9 Å². The number of fused-ring (bicyclic) bond motifs is 2. The van der Waals surface area contributed by atoms with Crippen LogP contribution in [0.5, 0.6) is 5.75 Å². The number of nitrogens with zero attached hydrogens (tertiary/aromatic N) is 3. The summed E-state index contributed by atoms with van der Waals surface area (Å²) in [4.78, 5) is 34.1. The Kier molecular flexibility index (Phi) is 8.32. The second kappa shape index (κ2) is 12.5. The number of phenolic OH excluding ortho intramolecular Hbond substituents is 1. The molecule has 4 aromatic carbocycles. The van der Waals surface area contributed by atoms with Crippen LogP contribution in [0.1, 0.15) is 57.7 Å². The van der Waals surface area contributed by atoms with Crippen molar-refractivity contribution in [1.29, 1.82) is 0 Å². The molecule has 1 amide bonds. The van der Waals surface area contributed by atoms with Crippen molar-refractivity contribution in [2.24, 2.45) is 0 Å². The second-order valence-electron chi connectivity index (χ2n) is 11.5. The van der Waals surface area contributed by atoms with E-state index in [2.05, 4.69) is 16.9 Å². The first kappa shape index (κ1) is 30.0. The number of rotatable bonds is 5. The Balaban J connectivity index is 0.00000115. The first-order chi connectivity index (χ1) is 21.8. The maximum atomic E-state index is 15.5. The zero-order valence-corrected chi connectivity index (χ0v) is 24.6. The number of hydrogen-bond donors (Lipinski definition) is 3. The molecule has 3 heterocycles. The number of aromatic hydroxyl groups is 1. The van der Waals surface area contributed by atoms with Crippen molar-refractivity contribution in [3.05, 3.63) is 119 Å². The van der Waals surface area contributed by atoms with E-state index >= 15 is 4.39 Å². The van der Waals surface area contributed by atoms with Gasteiger partial charge in [-0.25, -0.2) is 13.8 Å². The van der Waals surface area contributed by atoms with Gasteiger partial charge in [-0.1, -0.05) is 36.4 Å². The summed E-state index contributed by atoms with van der Waals surface area (Å²) in [6.45, 7) is 1.98. The maximum Gasteiger partial charge on any atom is 0.290 e. The molecule has 0 aliphatic carbocycles. The highest BCUT2D eigenvalue weighted by Crippen LogP contribution is 2.40. The van der Waals surface area contributed by atoms with Crippen molar-refractivity contribution in [2.45, 2.75) is 31.3 Å². The highest BCUT2D eigenvalue weighted by molar-refractivity contribution is 6.00. The number of halogens is 2. The molecular weight excluding hydrogens is 578 g/mol. The van der Waals surface area contributed by atoms with Crippen LogP contribution in [0.4, 0.5) is 8.78 Å². The van der Waals surface area contributed by atoms with Crippen molar-refractivity contribution in [1.82, 2.24) is 19.8 Å². The fourth-order valence-corrected chi connectivity index (χ4v) is 6.37. The van der Waals surface area contributed by atoms with Gasteiger partial charge in [0.25, 0.3) is 12.4 Å². The van der Waals surface area contributed by atoms with E-state index in [4.69, 9.17) is 14.9 Å². The van der Waals surface area contributed by atoms with Gasteiger partial charge in [-0.2, -0.15) is 0 Å². The standard InChI is InChI=1S/C34H30F2N4O2.CH2O2/c1-39-14-12-20(13-15-39)21-8-10-25(28(36)17-21)22-6-7-23-19-40(34(42)26(23)16-22)32(27-18-24(35)9-11-31(27)41)33-37-29-4-2-3-5-30(29)38-33;2-1-3/h2-11,16-18,20,32,41H,12-15,19H2,1H3,(H,37,38);1H,(H,2,3)/t32-;/m0./s1. The number of carbonyl (C=O) groups excluding carboxylic acids is 1. The number of carbonyl (C=O) groups is 2. The topological polar surface area (TPSA) is 110 Å². The van der Waals surface area contributed by atoms with E-state index in [1.54, 1.807) is 17.0 Å². The van der Waals surface area contributed by atoms with Crippen LogP contribution in [-0.2, 0) is 11.3 Å². The number of aromatic amines is 1. The molecule has 1 saturated heterocycles. The lowest BCUT2D eigenvalue weighted by molar-refractivity contribution is -0.122. The number of para-hydroxylation sites is 2. The van der Waals surface area contributed by atoms with Crippen molar-refractivity contribution in [2.75, 3.05) is 20.1 Å². The molecule has 0 radical (unpaired) electrons. The number of amides is 1. The third kappa shape index (κ3) is 5.88. The zero-order chi connectivity index (χ0) is 31.7. The third-order valence-electron chi connectivity index (χ3n) is 8.70. The monoisotopic (exact) mass is 610 g/mol. The molecule has 0 bridgehead atoms. The van der Waals surface area contributed by atoms with Gasteiger partial charge in [-0.05, 0) is 98.1 Å². The summed E-state index contributed by atoms with van der Waals surface area (Å²) in [5.41, 5.74) is 4.97. The van der Waals surface area contributed by atoms with Crippen molar-refractivity contribution in [3.63, 3.8) is 0 Å². The molecule has 3 N–H and O–H groups in total. The number of nitrogens with one attached hydrogen (secondary N) is 1. The van der Waals surface area contributed by atoms with Gasteiger partial charge >= 0.3 is 0 Å². The van der Waals surface area contributed by atoms with Crippen molar-refractivity contribution < 1.29 is 28.6 Å². The predicted molar refractivity (Wildman–Crippen MR) is 166 cm³/mol. The molecule has 2 aliphatic rings. The van der Waals surface area contributed by atoms with Crippen LogP contribution in [0.25, 0.3) is 22.2 Å². The van der Waals surface area contributed by atoms with Gasteiger partial charge in [0.05, 0.1) is 11.0 Å². The van der Waals surface area contributed by atoms with E-state index < -0.39 is 11.9 Å². The van der Waals surface area contributed by atoms with E-state index in [9.17, 15) is 14.3 Å². The quantitative estimate of drug-likeness (QED) is 0.197. The third-order valence-corrected chi connectivity index (χ3v) is 8.70. The Bertz CT molecular complexity index is 1850. The van der Waals surface area contributed by atoms with Gasteiger partial charge in [-0.3, -0.25) is 9.59 Å². The minimum atomic E-state index is -0.873. The number of likely N-dealkylation sites (tertiary alicyclic amines) is 1. The molecule has 5 aromatic rings. The van der Waals surface area contributed by atoms with Gasteiger partial charge < -0.3 is 25.0 Å². The lowest BCUT2D eigenvalue weighted by atomic mass is 9.88. The van der Waals surface area contributed by atoms with Gasteiger partial charge in [0.15, 0.2) is 0 Å². The Labute approximate surface area is 258 Å². The summed E-state index contributed by atoms with van der Waals surface area (Å²) in [5, 5.41) is 17.7. The molecule has 10 heteroatoms. The Morgan fingerprint density at radius 2 is 1.73 bits per heavy atom. The Morgan fingerprint density at radius 1 is 0.978 bits per heavy atom. The number of aromatic nitrogens is 2. The van der Waals surface area contributed by atoms with Crippen LogP contribution in [0.2, 0.25) is 0 Å². The minimum absolute atomic E-state index is 0.141. The highest BCUT2D eigenvalue weighted by Gasteiger charge is 2.37. The van der Waals surface area contributed by atoms with Crippen LogP contribution < -0.4 is 0 Å². The molecule has 0 unspecified atom stereocenters. The van der Waals surface area contributed by atoms with E-state index in [0.29, 0.717) is 33.9 Å². The predicted octanol–water partition coefficient (Wildman–Crippen LogP) is 6.47. The molecule has 45 heavy (non-hydrogen) atoms. The molecule has 1 atom stereocenters. The summed E-state index contributed by atoms with van der Waals surface area (Å²) in [5.74, 6) is -0.529. The first-order valence-electron chi connectivity index (χ1n) is 14.7. The zero-order valence-electron chi connectivity index (χ0n) is 24.6. The second-order valence-corrected chi connectivity index (χ2v) is 11.5. The number of carboxylic acid groups (broad SMARTS) is 1. The van der Waals surface area contributed by atoms with Gasteiger partial charge in [0.2, 0.25) is 0 Å². The molecule has 1 aromatic heterocycles. The first-order valence-corrected chi connectivity index (χ1v) is 14.7. The van der Waals surface area contributed by atoms with E-state index in [-0.39, 0.29) is 36.1 Å². The fraction of sp³-hybridized carbons (Fsp3) is 0.229. The number of hydrogen-bond acceptors (Lipinski definition) is 5. The van der Waals surface area contributed by atoms with E-state index in [0.717, 1.165) is 42.6 Å². The summed E-state index contributed by atoms with van der Waals surface area (Å²) in [7, 11) is 2.11. The Morgan fingerprint density at radius 3 is 2.47 bits per heavy atom. The summed E-state index contributed by atoms with van der Waals surface area (Å²) in [6.07, 6.45) is 2.01. The molecule has 0 saturated carbocycles. The number of H-pyrrole nitrogens is 1. The van der Waals surface area contributed by atoms with Crippen LogP contribution in [-0.4, -0.2) is 62.5 Å². The highest BCUT2D eigenvalue weighted by atomic mass is 19.1. The van der Waals surface area contributed by atoms with Crippen LogP contribution in [0, 0.1) is 11.6 Å². The SMILES string of the molecule is CN1CCC(c2ccc(-c3ccc4c(c3)C(=O)N([C@H](c3nc5ccccc5[nH]3)c3cc(F)ccc3O)C4)c(F)c2)CC1.O=CO. The Hall–Kier alpha value is -5.09. The molecule has 2 aliphatic heterocycles. The molecule has 230 valence electrons. The largest absolute Gasteiger partial charge is 0.508 e. The average molecular weight is 611 g/mol. The summed E-state index contributed by atoms with van der Waals surface area (Å²) < 4.78 is 29.9. The smallest absolute Gasteiger partial charge is 0.290 e. The van der Waals surface area contributed by atoms with E-state index in [1.165, 1.54) is 18.2 Å². The van der Waals surface area contributed by atoms with Crippen molar-refractivity contribution >= 4 is 23.4 Å². The van der Waals surface area contributed by atoms with Gasteiger partial charge in [0, 0.05) is 23.2 Å². The molecule has 1 fully saturated rings. The van der Waals surface area contributed by atoms with Crippen LogP contribution in [0.3, 0.4) is 0 Å². The lowest BCUT2D eigenvalue weighted by Crippen LogP contribution is -2.31. The molecule has 7 rings (SSSR count). The fourth-order valence-electron chi connectivity index (χ4n) is 6.37. The van der Waals surface area contributed by atoms with Gasteiger partial charge in [0.1, 0.15) is 29.3 Å². The normalized spacial score (nSPS) is 15.9. The van der Waals surface area contributed by atoms with Gasteiger partial charge in [-0.15, -0.1) is 0 Å². The molecular formula is C35H32F2N4O4. The summed E-state index contributed by atoms with van der Waals surface area (Å²) >= 11 is 0. The number of phenols is 1.